The van der Waals surface area contributed by atoms with E-state index in [1.807, 2.05) is 6.92 Å². The number of rotatable bonds is 4. The Morgan fingerprint density at radius 2 is 2.25 bits per heavy atom. The summed E-state index contributed by atoms with van der Waals surface area (Å²) in [6, 6.07) is 0.323. The van der Waals surface area contributed by atoms with Crippen molar-refractivity contribution in [2.24, 2.45) is 5.92 Å². The van der Waals surface area contributed by atoms with E-state index in [1.165, 1.54) is 49.0 Å². The highest BCUT2D eigenvalue weighted by Gasteiger charge is 2.34. The minimum atomic E-state index is -0.00233. The molecule has 5 nitrogen and oxygen atoms in total. The molecule has 0 aromatic carbocycles. The molecule has 3 aliphatic rings. The summed E-state index contributed by atoms with van der Waals surface area (Å²) in [6.07, 6.45) is 4.03. The fourth-order valence-corrected chi connectivity index (χ4v) is 4.37. The number of carbonyl (C=O) groups excluding carboxylic acids is 1. The molecule has 7 heteroatoms. The van der Waals surface area contributed by atoms with Gasteiger partial charge in [0, 0.05) is 18.7 Å². The van der Waals surface area contributed by atoms with Crippen molar-refractivity contribution in [3.8, 4) is 0 Å². The number of nitrogens with zero attached hydrogens (tertiary/aromatic N) is 3. The Balaban J connectivity index is 1.47. The summed E-state index contributed by atoms with van der Waals surface area (Å²) in [5.41, 5.74) is 0. The van der Waals surface area contributed by atoms with Crippen molar-refractivity contribution >= 4 is 29.0 Å². The Kier molecular flexibility index (Phi) is 4.38. The summed E-state index contributed by atoms with van der Waals surface area (Å²) < 4.78 is 0.870. The van der Waals surface area contributed by atoms with Crippen LogP contribution in [0.15, 0.2) is 15.8 Å². The molecular formula is C13H18N4OS2. The molecule has 108 valence electrons. The van der Waals surface area contributed by atoms with Crippen LogP contribution in [-0.4, -0.2) is 46.7 Å². The molecule has 3 saturated heterocycles. The number of amides is 1. The maximum absolute atomic E-state index is 11.9. The molecule has 20 heavy (non-hydrogen) atoms. The summed E-state index contributed by atoms with van der Waals surface area (Å²) in [5.74, 6) is 0.660. The first kappa shape index (κ1) is 14.0. The summed E-state index contributed by atoms with van der Waals surface area (Å²) >= 11 is 2.98. The lowest BCUT2D eigenvalue weighted by Crippen LogP contribution is -2.57. The van der Waals surface area contributed by atoms with Crippen LogP contribution in [0, 0.1) is 12.8 Å². The Morgan fingerprint density at radius 1 is 1.45 bits per heavy atom. The van der Waals surface area contributed by atoms with Crippen LogP contribution in [0.2, 0.25) is 0 Å². The predicted molar refractivity (Wildman–Crippen MR) is 80.7 cm³/mol. The van der Waals surface area contributed by atoms with Gasteiger partial charge in [0.25, 0.3) is 0 Å². The summed E-state index contributed by atoms with van der Waals surface area (Å²) in [4.78, 5) is 14.4. The van der Waals surface area contributed by atoms with Gasteiger partial charge >= 0.3 is 0 Å². The number of aromatic nitrogens is 2. The van der Waals surface area contributed by atoms with Gasteiger partial charge in [-0.05, 0) is 44.2 Å². The van der Waals surface area contributed by atoms with Crippen molar-refractivity contribution in [3.05, 3.63) is 16.5 Å². The molecule has 1 aromatic rings. The molecule has 1 atom stereocenters. The number of piperidine rings is 3. The summed E-state index contributed by atoms with van der Waals surface area (Å²) in [7, 11) is 0. The fourth-order valence-electron chi connectivity index (χ4n) is 2.84. The van der Waals surface area contributed by atoms with Gasteiger partial charge in [0.2, 0.25) is 5.91 Å². The molecule has 4 heterocycles. The van der Waals surface area contributed by atoms with Crippen LogP contribution < -0.4 is 5.32 Å². The normalized spacial score (nSPS) is 28.9. The molecule has 0 spiro atoms. The van der Waals surface area contributed by atoms with Crippen molar-refractivity contribution in [2.75, 3.05) is 19.6 Å². The van der Waals surface area contributed by atoms with Crippen molar-refractivity contribution in [1.29, 1.82) is 0 Å². The average molecular weight is 310 g/mol. The van der Waals surface area contributed by atoms with Crippen LogP contribution in [0.5, 0.6) is 0 Å². The van der Waals surface area contributed by atoms with Crippen LogP contribution in [0.3, 0.4) is 0 Å². The molecule has 3 fully saturated rings. The van der Waals surface area contributed by atoms with E-state index >= 15 is 0 Å². The zero-order valence-corrected chi connectivity index (χ0v) is 13.0. The van der Waals surface area contributed by atoms with Crippen LogP contribution in [0.4, 0.5) is 0 Å². The molecule has 1 unspecified atom stereocenters. The van der Waals surface area contributed by atoms with E-state index in [4.69, 9.17) is 0 Å². The van der Waals surface area contributed by atoms with E-state index in [9.17, 15) is 4.79 Å². The van der Waals surface area contributed by atoms with Gasteiger partial charge in [0.1, 0.15) is 5.01 Å². The minimum absolute atomic E-state index is 0.00233. The van der Waals surface area contributed by atoms with Gasteiger partial charge in [-0.3, -0.25) is 4.79 Å². The monoisotopic (exact) mass is 310 g/mol. The van der Waals surface area contributed by atoms with Gasteiger partial charge in [-0.1, -0.05) is 23.1 Å². The zero-order valence-electron chi connectivity index (χ0n) is 11.4. The number of hydrogen-bond acceptors (Lipinski definition) is 6. The summed E-state index contributed by atoms with van der Waals surface area (Å²) in [5, 5.41) is 13.8. The Hall–Kier alpha value is -0.920. The van der Waals surface area contributed by atoms with Gasteiger partial charge in [-0.25, -0.2) is 0 Å². The summed E-state index contributed by atoms with van der Waals surface area (Å²) in [6.45, 7) is 5.32. The van der Waals surface area contributed by atoms with E-state index in [0.29, 0.717) is 12.0 Å². The molecule has 1 N–H and O–H groups in total. The van der Waals surface area contributed by atoms with E-state index < -0.39 is 0 Å². The number of hydrogen-bond donors (Lipinski definition) is 1. The third-order valence-corrected chi connectivity index (χ3v) is 5.61. The van der Waals surface area contributed by atoms with Crippen LogP contribution >= 0.6 is 23.1 Å². The van der Waals surface area contributed by atoms with Gasteiger partial charge < -0.3 is 10.2 Å². The van der Waals surface area contributed by atoms with Gasteiger partial charge in [-0.15, -0.1) is 10.2 Å². The third-order valence-electron chi connectivity index (χ3n) is 3.88. The van der Waals surface area contributed by atoms with Gasteiger partial charge in [0.15, 0.2) is 4.34 Å². The van der Waals surface area contributed by atoms with Crippen molar-refractivity contribution in [2.45, 2.75) is 30.1 Å². The predicted octanol–water partition coefficient (Wildman–Crippen LogP) is 1.66. The highest BCUT2D eigenvalue weighted by atomic mass is 32.2. The molecule has 1 amide bonds. The molecule has 4 rings (SSSR count). The SMILES string of the molecule is Cc1nnc(S/C=C\C(=O)NC2CN3CCC2CC3)s1. The maximum Gasteiger partial charge on any atom is 0.244 e. The Bertz CT molecular complexity index is 508. The lowest BCUT2D eigenvalue weighted by atomic mass is 9.84. The second kappa shape index (κ2) is 6.24. The Labute approximate surface area is 126 Å². The van der Waals surface area contributed by atoms with Crippen LogP contribution in [-0.2, 0) is 4.79 Å². The quantitative estimate of drug-likeness (QED) is 0.677. The van der Waals surface area contributed by atoms with Crippen molar-refractivity contribution < 1.29 is 4.79 Å². The second-order valence-electron chi connectivity index (χ2n) is 5.26. The van der Waals surface area contributed by atoms with Crippen molar-refractivity contribution in [3.63, 3.8) is 0 Å². The van der Waals surface area contributed by atoms with Crippen molar-refractivity contribution in [1.82, 2.24) is 20.4 Å². The van der Waals surface area contributed by atoms with E-state index in [1.54, 1.807) is 11.5 Å². The smallest absolute Gasteiger partial charge is 0.244 e. The number of carbonyl (C=O) groups is 1. The fraction of sp³-hybridized carbons (Fsp3) is 0.615. The first-order valence-corrected chi connectivity index (χ1v) is 8.56. The van der Waals surface area contributed by atoms with Crippen LogP contribution in [0.1, 0.15) is 17.8 Å². The topological polar surface area (TPSA) is 58.1 Å². The zero-order chi connectivity index (χ0) is 13.9. The molecule has 0 saturated carbocycles. The molecule has 0 radical (unpaired) electrons. The molecular weight excluding hydrogens is 292 g/mol. The highest BCUT2D eigenvalue weighted by Crippen LogP contribution is 2.27. The molecule has 2 bridgehead atoms. The first-order valence-electron chi connectivity index (χ1n) is 6.87. The first-order chi connectivity index (χ1) is 9.70. The largest absolute Gasteiger partial charge is 0.348 e. The molecule has 0 aliphatic carbocycles. The number of aryl methyl sites for hydroxylation is 1. The average Bonchev–Trinajstić information content (AvgIpc) is 2.86. The van der Waals surface area contributed by atoms with E-state index in [-0.39, 0.29) is 5.91 Å². The van der Waals surface area contributed by atoms with Crippen LogP contribution in [0.25, 0.3) is 0 Å². The molecule has 3 aliphatic heterocycles. The number of thioether (sulfide) groups is 1. The minimum Gasteiger partial charge on any atom is -0.348 e. The Morgan fingerprint density at radius 3 is 2.85 bits per heavy atom. The third kappa shape index (κ3) is 3.39. The van der Waals surface area contributed by atoms with E-state index in [0.717, 1.165) is 15.9 Å². The van der Waals surface area contributed by atoms with Gasteiger partial charge in [-0.2, -0.15) is 0 Å². The lowest BCUT2D eigenvalue weighted by molar-refractivity contribution is -0.118. The highest BCUT2D eigenvalue weighted by molar-refractivity contribution is 8.03. The second-order valence-corrected chi connectivity index (χ2v) is 7.60. The number of nitrogens with one attached hydrogen (secondary N) is 1. The number of fused-ring (bicyclic) bond motifs is 3. The van der Waals surface area contributed by atoms with Gasteiger partial charge in [0.05, 0.1) is 0 Å². The van der Waals surface area contributed by atoms with E-state index in [2.05, 4.69) is 20.4 Å². The standard InChI is InChI=1S/C13H18N4OS2/c1-9-15-16-13(20-9)19-7-4-12(18)14-11-8-17-5-2-10(11)3-6-17/h4,7,10-11H,2-3,5-6,8H2,1H3,(H,14,18)/b7-4-. The molecule has 1 aromatic heterocycles. The lowest BCUT2D eigenvalue weighted by Gasteiger charge is -2.44. The maximum atomic E-state index is 11.9.